The van der Waals surface area contributed by atoms with E-state index in [1.807, 2.05) is 0 Å². The second kappa shape index (κ2) is 6.90. The highest BCUT2D eigenvalue weighted by atomic mass is 19.3. The lowest BCUT2D eigenvalue weighted by Gasteiger charge is -2.11. The van der Waals surface area contributed by atoms with Crippen LogP contribution in [0, 0.1) is 0 Å². The largest absolute Gasteiger partial charge is 0.381 e. The first kappa shape index (κ1) is 15.4. The summed E-state index contributed by atoms with van der Waals surface area (Å²) < 4.78 is 54.4. The maximum absolute atomic E-state index is 12.5. The summed E-state index contributed by atoms with van der Waals surface area (Å²) in [6, 6.07) is -7.24. The minimum atomic E-state index is -3.62. The third-order valence-corrected chi connectivity index (χ3v) is 1.51. The van der Waals surface area contributed by atoms with Crippen LogP contribution in [0.3, 0.4) is 0 Å². The number of alkyl halides is 4. The van der Waals surface area contributed by atoms with Gasteiger partial charge in [-0.1, -0.05) is 0 Å². The Morgan fingerprint density at radius 3 is 1.53 bits per heavy atom. The zero-order chi connectivity index (χ0) is 13.4. The smallest absolute Gasteiger partial charge is 0.354 e. The monoisotopic (exact) mass is 256 g/mol. The Morgan fingerprint density at radius 1 is 0.882 bits per heavy atom. The van der Waals surface area contributed by atoms with Crippen LogP contribution in [0.25, 0.3) is 0 Å². The molecule has 0 saturated carbocycles. The fourth-order valence-corrected chi connectivity index (χ4v) is 0.737. The second-order valence-corrected chi connectivity index (χ2v) is 2.85. The lowest BCUT2D eigenvalue weighted by atomic mass is 10.4. The minimum Gasteiger partial charge on any atom is -0.381 e. The van der Waals surface area contributed by atoms with Gasteiger partial charge in [-0.2, -0.15) is 17.6 Å². The van der Waals surface area contributed by atoms with Crippen molar-refractivity contribution in [2.75, 3.05) is 13.2 Å². The summed E-state index contributed by atoms with van der Waals surface area (Å²) in [6.45, 7) is -1.14. The van der Waals surface area contributed by atoms with Gasteiger partial charge in [0.15, 0.2) is 0 Å². The number of carbonyl (C=O) groups excluding carboxylic acids is 2. The van der Waals surface area contributed by atoms with Gasteiger partial charge in [0.1, 0.15) is 0 Å². The topological polar surface area (TPSA) is 68.1 Å². The van der Waals surface area contributed by atoms with E-state index in [4.69, 9.17) is 0 Å². The summed E-state index contributed by atoms with van der Waals surface area (Å²) in [7, 11) is 0. The van der Waals surface area contributed by atoms with Gasteiger partial charge in [-0.25, -0.2) is 9.59 Å². The summed E-state index contributed by atoms with van der Waals surface area (Å²) in [5.74, 6) is 0. The molecule has 0 N–H and O–H groups in total. The molecule has 17 heavy (non-hydrogen) atoms. The normalized spacial score (nSPS) is 11.5. The fourth-order valence-electron chi connectivity index (χ4n) is 0.737. The molecule has 0 aromatic rings. The predicted molar refractivity (Wildman–Crippen MR) is 46.2 cm³/mol. The molecule has 0 aliphatic carbocycles. The molecule has 0 aromatic carbocycles. The van der Waals surface area contributed by atoms with Gasteiger partial charge in [0.25, 0.3) is 0 Å². The Labute approximate surface area is 93.2 Å². The predicted octanol–water partition coefficient (Wildman–Crippen LogP) is 1.64. The quantitative estimate of drug-likeness (QED) is 0.218. The number of halogens is 4. The molecule has 0 aliphatic rings. The van der Waals surface area contributed by atoms with Crippen LogP contribution >= 0.6 is 0 Å². The highest BCUT2D eigenvalue weighted by molar-refractivity contribution is 5.33. The van der Waals surface area contributed by atoms with Gasteiger partial charge < -0.3 is 4.74 Å². The van der Waals surface area contributed by atoms with E-state index in [1.165, 1.54) is 0 Å². The van der Waals surface area contributed by atoms with Crippen molar-refractivity contribution in [3.8, 4) is 0 Å². The Kier molecular flexibility index (Phi) is 6.27. The van der Waals surface area contributed by atoms with E-state index in [-0.39, 0.29) is 0 Å². The van der Waals surface area contributed by atoms with Gasteiger partial charge in [0.2, 0.25) is 12.2 Å². The number of hydrogen-bond acceptors (Lipinski definition) is 5. The summed E-state index contributed by atoms with van der Waals surface area (Å²) in [4.78, 5) is 23.5. The Bertz CT molecular complexity index is 304. The third-order valence-electron chi connectivity index (χ3n) is 1.51. The molecule has 0 spiro atoms. The second-order valence-electron chi connectivity index (χ2n) is 2.85. The van der Waals surface area contributed by atoms with Gasteiger partial charge in [0.05, 0.1) is 26.1 Å². The molecular weight excluding hydrogens is 248 g/mol. The first-order valence-electron chi connectivity index (χ1n) is 4.34. The van der Waals surface area contributed by atoms with Crippen LogP contribution in [0.1, 0.15) is 12.8 Å². The van der Waals surface area contributed by atoms with Crippen molar-refractivity contribution in [1.82, 2.24) is 0 Å². The minimum absolute atomic E-state index is 0.570. The molecule has 0 unspecified atom stereocenters. The van der Waals surface area contributed by atoms with Gasteiger partial charge in [0, 0.05) is 0 Å². The van der Waals surface area contributed by atoms with Crippen LogP contribution in [-0.4, -0.2) is 37.5 Å². The van der Waals surface area contributed by atoms with Crippen molar-refractivity contribution in [2.45, 2.75) is 24.9 Å². The first-order valence-corrected chi connectivity index (χ1v) is 4.34. The lowest BCUT2D eigenvalue weighted by Crippen LogP contribution is -2.19. The molecule has 0 amide bonds. The molecule has 0 aliphatic heterocycles. The highest BCUT2D eigenvalue weighted by Crippen LogP contribution is 2.21. The summed E-state index contributed by atoms with van der Waals surface area (Å²) >= 11 is 0. The van der Waals surface area contributed by atoms with Crippen LogP contribution in [-0.2, 0) is 14.3 Å². The van der Waals surface area contributed by atoms with Crippen LogP contribution in [0.5, 0.6) is 0 Å². The van der Waals surface area contributed by atoms with E-state index < -0.39 is 38.1 Å². The molecule has 0 atom stereocenters. The molecule has 5 nitrogen and oxygen atoms in total. The molecular formula is C8H8F4N2O3. The van der Waals surface area contributed by atoms with E-state index in [1.54, 1.807) is 0 Å². The van der Waals surface area contributed by atoms with Gasteiger partial charge in [-0.15, -0.1) is 9.98 Å². The molecule has 0 radical (unpaired) electrons. The molecule has 0 saturated heterocycles. The zero-order valence-corrected chi connectivity index (χ0v) is 8.46. The fraction of sp³-hybridized carbons (Fsp3) is 0.750. The van der Waals surface area contributed by atoms with Crippen molar-refractivity contribution < 1.29 is 31.9 Å². The number of ether oxygens (including phenoxy) is 1. The maximum Gasteiger partial charge on any atom is 0.354 e. The first-order chi connectivity index (χ1) is 7.83. The van der Waals surface area contributed by atoms with E-state index in [0.29, 0.717) is 12.2 Å². The maximum atomic E-state index is 12.5. The zero-order valence-electron chi connectivity index (χ0n) is 8.46. The average molecular weight is 256 g/mol. The van der Waals surface area contributed by atoms with Crippen molar-refractivity contribution in [1.29, 1.82) is 0 Å². The van der Waals surface area contributed by atoms with Crippen molar-refractivity contribution in [3.63, 3.8) is 0 Å². The van der Waals surface area contributed by atoms with Crippen LogP contribution < -0.4 is 0 Å². The van der Waals surface area contributed by atoms with Crippen LogP contribution in [0.2, 0.25) is 0 Å². The van der Waals surface area contributed by atoms with Crippen LogP contribution in [0.15, 0.2) is 9.98 Å². The number of nitrogens with zero attached hydrogens (tertiary/aromatic N) is 2. The molecule has 0 aromatic heterocycles. The summed E-state index contributed by atoms with van der Waals surface area (Å²) in [5, 5.41) is 0. The number of hydrogen-bond donors (Lipinski definition) is 0. The molecule has 0 heterocycles. The van der Waals surface area contributed by atoms with Crippen LogP contribution in [0.4, 0.5) is 17.6 Å². The van der Waals surface area contributed by atoms with Gasteiger partial charge in [-0.3, -0.25) is 0 Å². The number of isocyanates is 2. The Balaban J connectivity index is 3.80. The van der Waals surface area contributed by atoms with E-state index in [0.717, 1.165) is 0 Å². The van der Waals surface area contributed by atoms with E-state index in [2.05, 4.69) is 14.7 Å². The van der Waals surface area contributed by atoms with Gasteiger partial charge in [-0.05, 0) is 0 Å². The van der Waals surface area contributed by atoms with Gasteiger partial charge >= 0.3 is 12.1 Å². The van der Waals surface area contributed by atoms with Crippen molar-refractivity contribution in [3.05, 3.63) is 0 Å². The standard InChI is InChI=1S/C8H8F4N2O3/c9-7(10,13-5-15)1-3-17-4-2-8(11,12)14-6-16/h1-4H2. The summed E-state index contributed by atoms with van der Waals surface area (Å²) in [6.07, 6.45) is -0.489. The Morgan fingerprint density at radius 2 is 1.24 bits per heavy atom. The summed E-state index contributed by atoms with van der Waals surface area (Å²) in [5.41, 5.74) is 0. The highest BCUT2D eigenvalue weighted by Gasteiger charge is 2.29. The SMILES string of the molecule is O=C=NC(F)(F)CCOCCC(F)(F)N=C=O. The molecule has 0 fully saturated rings. The van der Waals surface area contributed by atoms with E-state index in [9.17, 15) is 27.2 Å². The Hall–Kier alpha value is -1.56. The lowest BCUT2D eigenvalue weighted by molar-refractivity contribution is -0.0469. The van der Waals surface area contributed by atoms with E-state index >= 15 is 0 Å². The van der Waals surface area contributed by atoms with Crippen molar-refractivity contribution in [2.24, 2.45) is 9.98 Å². The molecule has 96 valence electrons. The third kappa shape index (κ3) is 8.27. The molecule has 9 heteroatoms. The average Bonchev–Trinajstić information content (AvgIpc) is 2.16. The molecule has 0 bridgehead atoms. The number of aliphatic imine (C=N–C) groups is 2. The number of rotatable bonds is 8. The molecule has 0 rings (SSSR count). The van der Waals surface area contributed by atoms with Crippen molar-refractivity contribution >= 4 is 12.2 Å².